The van der Waals surface area contributed by atoms with Crippen LogP contribution in [0.25, 0.3) is 10.9 Å². The number of carbonyl (C=O) groups excluding carboxylic acids is 1. The van der Waals surface area contributed by atoms with Crippen molar-refractivity contribution in [3.05, 3.63) is 35.5 Å². The Hall–Kier alpha value is -1.57. The number of nitrogens with zero attached hydrogens (tertiary/aromatic N) is 1. The van der Waals surface area contributed by atoms with Gasteiger partial charge in [0.15, 0.2) is 5.78 Å². The van der Waals surface area contributed by atoms with Crippen LogP contribution in [0.4, 0.5) is 0 Å². The second-order valence-electron chi connectivity index (χ2n) is 3.88. The third-order valence-electron chi connectivity index (χ3n) is 3.00. The smallest absolute Gasteiger partial charge is 0.167 e. The first-order valence-electron chi connectivity index (χ1n) is 4.89. The van der Waals surface area contributed by atoms with Crippen LogP contribution in [0.1, 0.15) is 22.3 Å². The average Bonchev–Trinajstić information content (AvgIpc) is 2.58. The molecule has 0 spiro atoms. The topological polar surface area (TPSA) is 22.0 Å². The highest BCUT2D eigenvalue weighted by molar-refractivity contribution is 6.09. The minimum Gasteiger partial charge on any atom is -0.346 e. The maximum atomic E-state index is 11.8. The molecule has 2 heterocycles. The predicted molar refractivity (Wildman–Crippen MR) is 55.6 cm³/mol. The monoisotopic (exact) mass is 185 g/mol. The van der Waals surface area contributed by atoms with Crippen molar-refractivity contribution < 1.29 is 4.79 Å². The first-order chi connectivity index (χ1) is 6.77. The number of aryl methyl sites for hydroxylation is 2. The van der Waals surface area contributed by atoms with E-state index in [0.717, 1.165) is 23.2 Å². The van der Waals surface area contributed by atoms with Crippen molar-refractivity contribution in [1.29, 1.82) is 0 Å². The van der Waals surface area contributed by atoms with Crippen molar-refractivity contribution in [2.45, 2.75) is 19.9 Å². The van der Waals surface area contributed by atoms with Gasteiger partial charge in [-0.25, -0.2) is 0 Å². The molecule has 0 fully saturated rings. The number of hydrogen-bond acceptors (Lipinski definition) is 1. The maximum Gasteiger partial charge on any atom is 0.167 e. The van der Waals surface area contributed by atoms with E-state index in [1.807, 2.05) is 13.0 Å². The van der Waals surface area contributed by atoms with E-state index < -0.39 is 0 Å². The zero-order chi connectivity index (χ0) is 9.71. The standard InChI is InChI=1S/C12H11NO/c1-8-2-3-9-4-6-13-7-5-10(14)11(8)12(9)13/h2-4,6H,5,7H2,1H3. The largest absolute Gasteiger partial charge is 0.346 e. The molecule has 0 amide bonds. The molecule has 70 valence electrons. The van der Waals surface area contributed by atoms with Gasteiger partial charge in [0.05, 0.1) is 5.52 Å². The number of hydrogen-bond donors (Lipinski definition) is 0. The van der Waals surface area contributed by atoms with E-state index >= 15 is 0 Å². The molecule has 2 aromatic rings. The van der Waals surface area contributed by atoms with Crippen molar-refractivity contribution in [2.75, 3.05) is 0 Å². The summed E-state index contributed by atoms with van der Waals surface area (Å²) in [5, 5.41) is 1.18. The van der Waals surface area contributed by atoms with E-state index in [1.165, 1.54) is 5.39 Å². The molecule has 0 radical (unpaired) electrons. The lowest BCUT2D eigenvalue weighted by Crippen LogP contribution is -2.14. The Morgan fingerprint density at radius 1 is 1.29 bits per heavy atom. The van der Waals surface area contributed by atoms with Gasteiger partial charge in [0.1, 0.15) is 0 Å². The number of carbonyl (C=O) groups is 1. The van der Waals surface area contributed by atoms with E-state index in [1.54, 1.807) is 0 Å². The summed E-state index contributed by atoms with van der Waals surface area (Å²) in [6.07, 6.45) is 2.71. The van der Waals surface area contributed by atoms with Crippen LogP contribution in [-0.2, 0) is 6.54 Å². The highest BCUT2D eigenvalue weighted by Gasteiger charge is 2.20. The fraction of sp³-hybridized carbons (Fsp3) is 0.250. The summed E-state index contributed by atoms with van der Waals surface area (Å²) in [7, 11) is 0. The Kier molecular flexibility index (Phi) is 1.38. The van der Waals surface area contributed by atoms with Gasteiger partial charge < -0.3 is 4.57 Å². The van der Waals surface area contributed by atoms with E-state index in [4.69, 9.17) is 0 Å². The molecular formula is C12H11NO. The lowest BCUT2D eigenvalue weighted by Gasteiger charge is -2.16. The van der Waals surface area contributed by atoms with E-state index in [2.05, 4.69) is 22.9 Å². The van der Waals surface area contributed by atoms with Gasteiger partial charge in [0, 0.05) is 30.1 Å². The van der Waals surface area contributed by atoms with Gasteiger partial charge in [0.2, 0.25) is 0 Å². The van der Waals surface area contributed by atoms with E-state index in [0.29, 0.717) is 12.2 Å². The zero-order valence-corrected chi connectivity index (χ0v) is 8.08. The van der Waals surface area contributed by atoms with Gasteiger partial charge >= 0.3 is 0 Å². The van der Waals surface area contributed by atoms with Gasteiger partial charge in [-0.05, 0) is 18.6 Å². The van der Waals surface area contributed by atoms with Crippen molar-refractivity contribution in [3.8, 4) is 0 Å². The van der Waals surface area contributed by atoms with Crippen LogP contribution < -0.4 is 0 Å². The van der Waals surface area contributed by atoms with Gasteiger partial charge in [0.25, 0.3) is 0 Å². The number of rotatable bonds is 0. The zero-order valence-electron chi connectivity index (χ0n) is 8.08. The summed E-state index contributed by atoms with van der Waals surface area (Å²) in [6.45, 7) is 2.84. The summed E-state index contributed by atoms with van der Waals surface area (Å²) >= 11 is 0. The van der Waals surface area contributed by atoms with Crippen molar-refractivity contribution in [1.82, 2.24) is 4.57 Å². The predicted octanol–water partition coefficient (Wildman–Crippen LogP) is 2.54. The maximum absolute atomic E-state index is 11.8. The van der Waals surface area contributed by atoms with Gasteiger partial charge in [-0.2, -0.15) is 0 Å². The Labute approximate surface area is 82.1 Å². The molecule has 0 unspecified atom stereocenters. The normalized spacial score (nSPS) is 15.1. The first-order valence-corrected chi connectivity index (χ1v) is 4.89. The Morgan fingerprint density at radius 2 is 2.14 bits per heavy atom. The van der Waals surface area contributed by atoms with Crippen LogP contribution in [0.5, 0.6) is 0 Å². The molecule has 0 atom stereocenters. The van der Waals surface area contributed by atoms with E-state index in [9.17, 15) is 4.79 Å². The molecule has 3 rings (SSSR count). The van der Waals surface area contributed by atoms with Crippen LogP contribution in [0.2, 0.25) is 0 Å². The molecule has 0 saturated carbocycles. The fourth-order valence-electron chi connectivity index (χ4n) is 2.28. The molecule has 0 aliphatic carbocycles. The second-order valence-corrected chi connectivity index (χ2v) is 3.88. The summed E-state index contributed by atoms with van der Waals surface area (Å²) in [6, 6.07) is 6.20. The molecule has 14 heavy (non-hydrogen) atoms. The summed E-state index contributed by atoms with van der Waals surface area (Å²) in [4.78, 5) is 11.8. The Balaban J connectivity index is 2.54. The molecule has 1 aromatic carbocycles. The first kappa shape index (κ1) is 7.80. The Bertz CT molecular complexity index is 536. The van der Waals surface area contributed by atoms with Crippen molar-refractivity contribution in [2.24, 2.45) is 0 Å². The summed E-state index contributed by atoms with van der Waals surface area (Å²) in [5.41, 5.74) is 3.15. The second kappa shape index (κ2) is 2.47. The molecule has 0 N–H and O–H groups in total. The average molecular weight is 185 g/mol. The molecule has 1 aromatic heterocycles. The lowest BCUT2D eigenvalue weighted by molar-refractivity contribution is 0.0973. The van der Waals surface area contributed by atoms with Crippen LogP contribution in [-0.4, -0.2) is 10.4 Å². The Morgan fingerprint density at radius 3 is 3.00 bits per heavy atom. The molecular weight excluding hydrogens is 174 g/mol. The van der Waals surface area contributed by atoms with Crippen LogP contribution in [0.3, 0.4) is 0 Å². The molecule has 1 aliphatic rings. The quantitative estimate of drug-likeness (QED) is 0.618. The highest BCUT2D eigenvalue weighted by Crippen LogP contribution is 2.28. The lowest BCUT2D eigenvalue weighted by atomic mass is 9.97. The minimum atomic E-state index is 0.291. The third kappa shape index (κ3) is 0.830. The van der Waals surface area contributed by atoms with Gasteiger partial charge in [-0.3, -0.25) is 4.79 Å². The molecule has 1 aliphatic heterocycles. The van der Waals surface area contributed by atoms with Gasteiger partial charge in [-0.1, -0.05) is 12.1 Å². The number of Topliss-reactive ketones (excluding diaryl/α,β-unsaturated/α-hetero) is 1. The summed E-state index contributed by atoms with van der Waals surface area (Å²) < 4.78 is 2.18. The molecule has 2 heteroatoms. The van der Waals surface area contributed by atoms with Crippen LogP contribution in [0.15, 0.2) is 24.4 Å². The molecule has 2 nitrogen and oxygen atoms in total. The number of benzene rings is 1. The number of aromatic nitrogens is 1. The molecule has 0 bridgehead atoms. The van der Waals surface area contributed by atoms with E-state index in [-0.39, 0.29) is 0 Å². The van der Waals surface area contributed by atoms with Crippen molar-refractivity contribution >= 4 is 16.7 Å². The molecule has 0 saturated heterocycles. The SMILES string of the molecule is Cc1ccc2ccn3c2c1C(=O)CC3. The third-order valence-corrected chi connectivity index (χ3v) is 3.00. The summed E-state index contributed by atoms with van der Waals surface area (Å²) in [5.74, 6) is 0.291. The number of ketones is 1. The van der Waals surface area contributed by atoms with Crippen LogP contribution >= 0.6 is 0 Å². The minimum absolute atomic E-state index is 0.291. The van der Waals surface area contributed by atoms with Gasteiger partial charge in [-0.15, -0.1) is 0 Å². The van der Waals surface area contributed by atoms with Crippen molar-refractivity contribution in [3.63, 3.8) is 0 Å². The van der Waals surface area contributed by atoms with Crippen LogP contribution in [0, 0.1) is 6.92 Å². The highest BCUT2D eigenvalue weighted by atomic mass is 16.1. The fourth-order valence-corrected chi connectivity index (χ4v) is 2.28.